The zero-order valence-electron chi connectivity index (χ0n) is 11.0. The smallest absolute Gasteiger partial charge is 0.336 e. The molecule has 1 aromatic carbocycles. The Kier molecular flexibility index (Phi) is 6.60. The maximum absolute atomic E-state index is 11.5. The van der Waals surface area contributed by atoms with Crippen molar-refractivity contribution in [3.8, 4) is 0 Å². The molecular weight excluding hydrogens is 246 g/mol. The Balaban J connectivity index is 2.16. The van der Waals surface area contributed by atoms with Gasteiger partial charge in [0.2, 0.25) is 5.91 Å². The average molecular weight is 265 g/mol. The number of carbonyl (C=O) groups excluding carboxylic acids is 2. The third-order valence-electron chi connectivity index (χ3n) is 2.68. The molecule has 1 atom stereocenters. The van der Waals surface area contributed by atoms with E-state index in [1.54, 1.807) is 0 Å². The van der Waals surface area contributed by atoms with Gasteiger partial charge in [-0.25, -0.2) is 4.79 Å². The van der Waals surface area contributed by atoms with Gasteiger partial charge >= 0.3 is 5.97 Å². The molecule has 5 heteroatoms. The summed E-state index contributed by atoms with van der Waals surface area (Å²) in [5.74, 6) is -0.927. The van der Waals surface area contributed by atoms with E-state index in [0.29, 0.717) is 6.42 Å². The van der Waals surface area contributed by atoms with Gasteiger partial charge in [-0.3, -0.25) is 4.79 Å². The highest BCUT2D eigenvalue weighted by Crippen LogP contribution is 2.04. The number of esters is 1. The standard InChI is InChI=1S/C14H19NO4/c1-19-14(18)12(16)10-15-13(17)9-5-8-11-6-3-2-4-7-11/h2-4,6-7,12,16H,5,8-10H2,1H3,(H,15,17). The highest BCUT2D eigenvalue weighted by atomic mass is 16.5. The molecule has 0 aliphatic heterocycles. The average Bonchev–Trinajstić information content (AvgIpc) is 2.45. The molecule has 0 fully saturated rings. The lowest BCUT2D eigenvalue weighted by Crippen LogP contribution is -2.37. The van der Waals surface area contributed by atoms with Gasteiger partial charge in [0.05, 0.1) is 13.7 Å². The minimum Gasteiger partial charge on any atom is -0.467 e. The Morgan fingerprint density at radius 2 is 2.00 bits per heavy atom. The summed E-state index contributed by atoms with van der Waals surface area (Å²) in [5, 5.41) is 11.8. The minimum absolute atomic E-state index is 0.114. The molecule has 0 saturated carbocycles. The number of aliphatic hydroxyl groups is 1. The summed E-state index contributed by atoms with van der Waals surface area (Å²) in [6, 6.07) is 9.90. The summed E-state index contributed by atoms with van der Waals surface area (Å²) in [6.45, 7) is -0.114. The number of carbonyl (C=O) groups is 2. The Hall–Kier alpha value is -1.88. The van der Waals surface area contributed by atoms with Gasteiger partial charge in [0, 0.05) is 6.42 Å². The lowest BCUT2D eigenvalue weighted by Gasteiger charge is -2.09. The summed E-state index contributed by atoms with van der Waals surface area (Å²) >= 11 is 0. The maximum Gasteiger partial charge on any atom is 0.336 e. The Labute approximate surface area is 112 Å². The lowest BCUT2D eigenvalue weighted by atomic mass is 10.1. The van der Waals surface area contributed by atoms with E-state index in [9.17, 15) is 14.7 Å². The maximum atomic E-state index is 11.5. The summed E-state index contributed by atoms with van der Waals surface area (Å²) in [5.41, 5.74) is 1.19. The Morgan fingerprint density at radius 1 is 1.32 bits per heavy atom. The van der Waals surface area contributed by atoms with E-state index < -0.39 is 12.1 Å². The van der Waals surface area contributed by atoms with Gasteiger partial charge in [0.15, 0.2) is 6.10 Å². The number of hydrogen-bond acceptors (Lipinski definition) is 4. The van der Waals surface area contributed by atoms with Crippen LogP contribution >= 0.6 is 0 Å². The third kappa shape index (κ3) is 6.01. The molecule has 0 radical (unpaired) electrons. The molecule has 1 aromatic rings. The van der Waals surface area contributed by atoms with Crippen LogP contribution in [-0.2, 0) is 20.7 Å². The second-order valence-corrected chi connectivity index (χ2v) is 4.18. The monoisotopic (exact) mass is 265 g/mol. The number of aryl methyl sites for hydroxylation is 1. The fraction of sp³-hybridized carbons (Fsp3) is 0.429. The van der Waals surface area contributed by atoms with Gasteiger partial charge in [-0.05, 0) is 18.4 Å². The molecule has 1 amide bonds. The van der Waals surface area contributed by atoms with E-state index >= 15 is 0 Å². The summed E-state index contributed by atoms with van der Waals surface area (Å²) < 4.78 is 4.34. The van der Waals surface area contributed by atoms with Crippen LogP contribution in [0.4, 0.5) is 0 Å². The number of amides is 1. The molecule has 5 nitrogen and oxygen atoms in total. The highest BCUT2D eigenvalue weighted by Gasteiger charge is 2.15. The molecule has 0 aliphatic carbocycles. The molecule has 0 aliphatic rings. The van der Waals surface area contributed by atoms with Gasteiger partial charge in [-0.1, -0.05) is 30.3 Å². The van der Waals surface area contributed by atoms with Crippen LogP contribution in [0.1, 0.15) is 18.4 Å². The van der Waals surface area contributed by atoms with Gasteiger partial charge in [-0.2, -0.15) is 0 Å². The van der Waals surface area contributed by atoms with Gasteiger partial charge < -0.3 is 15.2 Å². The molecule has 0 bridgehead atoms. The van der Waals surface area contributed by atoms with Crippen LogP contribution in [0.5, 0.6) is 0 Å². The number of benzene rings is 1. The van der Waals surface area contributed by atoms with Crippen molar-refractivity contribution < 1.29 is 19.4 Å². The van der Waals surface area contributed by atoms with Crippen LogP contribution in [-0.4, -0.2) is 36.7 Å². The molecule has 2 N–H and O–H groups in total. The van der Waals surface area contributed by atoms with Crippen LogP contribution in [0.2, 0.25) is 0 Å². The predicted octanol–water partition coefficient (Wildman–Crippen LogP) is 0.659. The van der Waals surface area contributed by atoms with Crippen molar-refractivity contribution in [2.45, 2.75) is 25.4 Å². The van der Waals surface area contributed by atoms with Crippen LogP contribution in [0, 0.1) is 0 Å². The largest absolute Gasteiger partial charge is 0.467 e. The first-order valence-corrected chi connectivity index (χ1v) is 6.20. The summed E-state index contributed by atoms with van der Waals surface area (Å²) in [7, 11) is 1.19. The Morgan fingerprint density at radius 3 is 2.63 bits per heavy atom. The number of ether oxygens (including phenoxy) is 1. The first-order valence-electron chi connectivity index (χ1n) is 6.20. The SMILES string of the molecule is COC(=O)C(O)CNC(=O)CCCc1ccccc1. The number of methoxy groups -OCH3 is 1. The minimum atomic E-state index is -1.30. The predicted molar refractivity (Wildman–Crippen MR) is 70.4 cm³/mol. The quantitative estimate of drug-likeness (QED) is 0.710. The molecule has 0 heterocycles. The second kappa shape index (κ2) is 8.26. The van der Waals surface area contributed by atoms with E-state index in [1.165, 1.54) is 12.7 Å². The number of aliphatic hydroxyl groups excluding tert-OH is 1. The van der Waals surface area contributed by atoms with Gasteiger partial charge in [0.25, 0.3) is 0 Å². The Bertz CT molecular complexity index is 405. The van der Waals surface area contributed by atoms with Crippen molar-refractivity contribution in [2.75, 3.05) is 13.7 Å². The van der Waals surface area contributed by atoms with E-state index in [-0.39, 0.29) is 12.5 Å². The van der Waals surface area contributed by atoms with Crippen molar-refractivity contribution in [2.24, 2.45) is 0 Å². The highest BCUT2D eigenvalue weighted by molar-refractivity contribution is 5.78. The zero-order chi connectivity index (χ0) is 14.1. The molecule has 0 aromatic heterocycles. The fourth-order valence-electron chi connectivity index (χ4n) is 1.62. The van der Waals surface area contributed by atoms with Crippen molar-refractivity contribution >= 4 is 11.9 Å². The second-order valence-electron chi connectivity index (χ2n) is 4.18. The molecule has 104 valence electrons. The summed E-state index contributed by atoms with van der Waals surface area (Å²) in [4.78, 5) is 22.4. The molecule has 0 spiro atoms. The van der Waals surface area contributed by atoms with E-state index in [1.807, 2.05) is 30.3 Å². The van der Waals surface area contributed by atoms with Crippen molar-refractivity contribution in [1.29, 1.82) is 0 Å². The van der Waals surface area contributed by atoms with Crippen molar-refractivity contribution in [3.63, 3.8) is 0 Å². The zero-order valence-corrected chi connectivity index (χ0v) is 11.0. The normalized spacial score (nSPS) is 11.7. The van der Waals surface area contributed by atoms with E-state index in [0.717, 1.165) is 12.8 Å². The van der Waals surface area contributed by atoms with E-state index in [2.05, 4.69) is 10.1 Å². The molecule has 19 heavy (non-hydrogen) atoms. The fourth-order valence-corrected chi connectivity index (χ4v) is 1.62. The number of hydrogen-bond donors (Lipinski definition) is 2. The summed E-state index contributed by atoms with van der Waals surface area (Å²) in [6.07, 6.45) is 0.615. The third-order valence-corrected chi connectivity index (χ3v) is 2.68. The first-order chi connectivity index (χ1) is 9.13. The number of rotatable bonds is 7. The van der Waals surface area contributed by atoms with Crippen LogP contribution in [0.3, 0.4) is 0 Å². The number of nitrogens with one attached hydrogen (secondary N) is 1. The van der Waals surface area contributed by atoms with Gasteiger partial charge in [0.1, 0.15) is 0 Å². The van der Waals surface area contributed by atoms with Crippen molar-refractivity contribution in [1.82, 2.24) is 5.32 Å². The molecular formula is C14H19NO4. The van der Waals surface area contributed by atoms with Gasteiger partial charge in [-0.15, -0.1) is 0 Å². The first kappa shape index (κ1) is 15.2. The van der Waals surface area contributed by atoms with E-state index in [4.69, 9.17) is 0 Å². The van der Waals surface area contributed by atoms with Crippen LogP contribution < -0.4 is 5.32 Å². The van der Waals surface area contributed by atoms with Crippen molar-refractivity contribution in [3.05, 3.63) is 35.9 Å². The topological polar surface area (TPSA) is 75.6 Å². The molecule has 1 unspecified atom stereocenters. The lowest BCUT2D eigenvalue weighted by molar-refractivity contribution is -0.150. The van der Waals surface area contributed by atoms with Crippen LogP contribution in [0.15, 0.2) is 30.3 Å². The molecule has 0 saturated heterocycles. The molecule has 1 rings (SSSR count). The van der Waals surface area contributed by atoms with Crippen LogP contribution in [0.25, 0.3) is 0 Å².